The van der Waals surface area contributed by atoms with Crippen LogP contribution in [0.25, 0.3) is 0 Å². The zero-order valence-corrected chi connectivity index (χ0v) is 13.2. The van der Waals surface area contributed by atoms with Crippen molar-refractivity contribution >= 4 is 21.6 Å². The first kappa shape index (κ1) is 13.7. The molecular formula is C17H19BrN2. The summed E-state index contributed by atoms with van der Waals surface area (Å²) in [6.07, 6.45) is 1.13. The third-order valence-corrected chi connectivity index (χ3v) is 4.78. The molecule has 0 amide bonds. The monoisotopic (exact) mass is 330 g/mol. The lowest BCUT2D eigenvalue weighted by Gasteiger charge is -2.25. The second-order valence-electron chi connectivity index (χ2n) is 5.44. The van der Waals surface area contributed by atoms with Gasteiger partial charge in [-0.2, -0.15) is 0 Å². The fraction of sp³-hybridized carbons (Fsp3) is 0.294. The molecule has 1 unspecified atom stereocenters. The van der Waals surface area contributed by atoms with Gasteiger partial charge in [-0.1, -0.05) is 46.3 Å². The van der Waals surface area contributed by atoms with E-state index in [1.54, 1.807) is 0 Å². The van der Waals surface area contributed by atoms with Crippen LogP contribution in [0.2, 0.25) is 0 Å². The number of halogens is 1. The molecule has 0 bridgehead atoms. The van der Waals surface area contributed by atoms with Crippen LogP contribution in [-0.2, 0) is 19.5 Å². The number of nitrogens with zero attached hydrogens (tertiary/aromatic N) is 1. The summed E-state index contributed by atoms with van der Waals surface area (Å²) in [7, 11) is 0. The Hall–Kier alpha value is -1.32. The summed E-state index contributed by atoms with van der Waals surface area (Å²) in [4.78, 5) is 2.48. The number of fused-ring (bicyclic) bond motifs is 1. The maximum atomic E-state index is 5.69. The van der Waals surface area contributed by atoms with Crippen molar-refractivity contribution in [1.82, 2.24) is 0 Å². The van der Waals surface area contributed by atoms with Crippen LogP contribution in [0.3, 0.4) is 0 Å². The van der Waals surface area contributed by atoms with E-state index in [-0.39, 0.29) is 0 Å². The zero-order valence-electron chi connectivity index (χ0n) is 11.6. The summed E-state index contributed by atoms with van der Waals surface area (Å²) in [5.74, 6) is 0. The Morgan fingerprint density at radius 3 is 2.80 bits per heavy atom. The van der Waals surface area contributed by atoms with E-state index in [1.165, 1.54) is 16.8 Å². The molecule has 0 radical (unpaired) electrons. The van der Waals surface area contributed by atoms with E-state index < -0.39 is 0 Å². The average molecular weight is 331 g/mol. The van der Waals surface area contributed by atoms with E-state index in [0.29, 0.717) is 12.6 Å². The molecule has 2 nitrogen and oxygen atoms in total. The van der Waals surface area contributed by atoms with E-state index in [2.05, 4.69) is 70.2 Å². The topological polar surface area (TPSA) is 29.3 Å². The Bertz CT molecular complexity index is 624. The first-order valence-corrected chi connectivity index (χ1v) is 7.80. The Kier molecular flexibility index (Phi) is 3.81. The van der Waals surface area contributed by atoms with Crippen molar-refractivity contribution < 1.29 is 0 Å². The van der Waals surface area contributed by atoms with Crippen molar-refractivity contribution in [3.63, 3.8) is 0 Å². The molecule has 0 saturated carbocycles. The average Bonchev–Trinajstić information content (AvgIpc) is 2.77. The summed E-state index contributed by atoms with van der Waals surface area (Å²) in [6.45, 7) is 3.81. The van der Waals surface area contributed by atoms with E-state index >= 15 is 0 Å². The van der Waals surface area contributed by atoms with Crippen LogP contribution in [0.15, 0.2) is 46.9 Å². The van der Waals surface area contributed by atoms with Crippen molar-refractivity contribution in [2.75, 3.05) is 4.90 Å². The summed E-state index contributed by atoms with van der Waals surface area (Å²) < 4.78 is 1.15. The van der Waals surface area contributed by atoms with Gasteiger partial charge >= 0.3 is 0 Å². The molecule has 1 aliphatic rings. The van der Waals surface area contributed by atoms with E-state index in [4.69, 9.17) is 5.73 Å². The van der Waals surface area contributed by atoms with Crippen molar-refractivity contribution in [3.05, 3.63) is 63.6 Å². The molecule has 0 aromatic heterocycles. The molecule has 3 rings (SSSR count). The second kappa shape index (κ2) is 5.58. The minimum atomic E-state index is 0.550. The van der Waals surface area contributed by atoms with E-state index in [0.717, 1.165) is 23.0 Å². The predicted molar refractivity (Wildman–Crippen MR) is 87.8 cm³/mol. The largest absolute Gasteiger partial charge is 0.364 e. The molecule has 2 N–H and O–H groups in total. The summed E-state index contributed by atoms with van der Waals surface area (Å²) >= 11 is 3.67. The SMILES string of the molecule is CC1Cc2ccccc2N1Cc1ccc(CN)cc1Br. The van der Waals surface area contributed by atoms with Crippen LogP contribution >= 0.6 is 15.9 Å². The molecule has 1 aliphatic heterocycles. The molecular weight excluding hydrogens is 312 g/mol. The fourth-order valence-electron chi connectivity index (χ4n) is 2.90. The van der Waals surface area contributed by atoms with Crippen molar-refractivity contribution in [1.29, 1.82) is 0 Å². The fourth-order valence-corrected chi connectivity index (χ4v) is 3.45. The summed E-state index contributed by atoms with van der Waals surface area (Å²) in [6, 6.07) is 15.7. The highest BCUT2D eigenvalue weighted by Gasteiger charge is 2.25. The van der Waals surface area contributed by atoms with Gasteiger partial charge in [-0.15, -0.1) is 0 Å². The standard InChI is InChI=1S/C17H19BrN2/c1-12-8-14-4-2-3-5-17(14)20(12)11-15-7-6-13(10-19)9-16(15)18/h2-7,9,12H,8,10-11,19H2,1H3. The van der Waals surface area contributed by atoms with Crippen LogP contribution in [0.1, 0.15) is 23.6 Å². The smallest absolute Gasteiger partial charge is 0.0443 e. The Morgan fingerprint density at radius 1 is 1.25 bits per heavy atom. The van der Waals surface area contributed by atoms with E-state index in [1.807, 2.05) is 0 Å². The molecule has 104 valence electrons. The molecule has 1 atom stereocenters. The van der Waals surface area contributed by atoms with Gasteiger partial charge < -0.3 is 10.6 Å². The highest BCUT2D eigenvalue weighted by atomic mass is 79.9. The molecule has 0 spiro atoms. The first-order valence-electron chi connectivity index (χ1n) is 7.01. The zero-order chi connectivity index (χ0) is 14.1. The lowest BCUT2D eigenvalue weighted by molar-refractivity contribution is 0.671. The van der Waals surface area contributed by atoms with Crippen LogP contribution < -0.4 is 10.6 Å². The quantitative estimate of drug-likeness (QED) is 0.925. The predicted octanol–water partition coefficient (Wildman–Crippen LogP) is 3.86. The molecule has 0 fully saturated rings. The lowest BCUT2D eigenvalue weighted by atomic mass is 10.1. The first-order chi connectivity index (χ1) is 9.69. The number of benzene rings is 2. The van der Waals surface area contributed by atoms with Gasteiger partial charge in [0.2, 0.25) is 0 Å². The number of anilines is 1. The molecule has 0 saturated heterocycles. The Labute approximate surface area is 128 Å². The van der Waals surface area contributed by atoms with Gasteiger partial charge in [-0.05, 0) is 42.2 Å². The molecule has 20 heavy (non-hydrogen) atoms. The number of para-hydroxylation sites is 1. The van der Waals surface area contributed by atoms with Gasteiger partial charge in [0.05, 0.1) is 0 Å². The maximum Gasteiger partial charge on any atom is 0.0443 e. The molecule has 3 heteroatoms. The maximum absolute atomic E-state index is 5.69. The molecule has 0 aliphatic carbocycles. The van der Waals surface area contributed by atoms with Crippen molar-refractivity contribution in [3.8, 4) is 0 Å². The molecule has 1 heterocycles. The van der Waals surface area contributed by atoms with Gasteiger partial charge in [-0.3, -0.25) is 0 Å². The second-order valence-corrected chi connectivity index (χ2v) is 6.29. The van der Waals surface area contributed by atoms with Gasteiger partial charge in [0, 0.05) is 29.3 Å². The highest BCUT2D eigenvalue weighted by molar-refractivity contribution is 9.10. The van der Waals surface area contributed by atoms with Crippen molar-refractivity contribution in [2.24, 2.45) is 5.73 Å². The van der Waals surface area contributed by atoms with Gasteiger partial charge in [0.1, 0.15) is 0 Å². The number of hydrogen-bond donors (Lipinski definition) is 1. The third kappa shape index (κ3) is 2.48. The summed E-state index contributed by atoms with van der Waals surface area (Å²) in [5.41, 5.74) is 11.0. The molecule has 2 aromatic carbocycles. The lowest BCUT2D eigenvalue weighted by Crippen LogP contribution is -2.28. The number of rotatable bonds is 3. The molecule has 2 aromatic rings. The van der Waals surface area contributed by atoms with E-state index in [9.17, 15) is 0 Å². The Balaban J connectivity index is 1.88. The summed E-state index contributed by atoms with van der Waals surface area (Å²) in [5, 5.41) is 0. The normalized spacial score (nSPS) is 17.4. The third-order valence-electron chi connectivity index (χ3n) is 4.04. The Morgan fingerprint density at radius 2 is 2.05 bits per heavy atom. The van der Waals surface area contributed by atoms with Crippen LogP contribution in [-0.4, -0.2) is 6.04 Å². The van der Waals surface area contributed by atoms with Gasteiger partial charge in [0.15, 0.2) is 0 Å². The van der Waals surface area contributed by atoms with Crippen molar-refractivity contribution in [2.45, 2.75) is 32.5 Å². The number of nitrogens with two attached hydrogens (primary N) is 1. The van der Waals surface area contributed by atoms with Crippen LogP contribution in [0.5, 0.6) is 0 Å². The minimum Gasteiger partial charge on any atom is -0.364 e. The van der Waals surface area contributed by atoms with Crippen LogP contribution in [0, 0.1) is 0 Å². The van der Waals surface area contributed by atoms with Crippen LogP contribution in [0.4, 0.5) is 5.69 Å². The van der Waals surface area contributed by atoms with Gasteiger partial charge in [-0.25, -0.2) is 0 Å². The minimum absolute atomic E-state index is 0.550. The number of hydrogen-bond acceptors (Lipinski definition) is 2. The highest BCUT2D eigenvalue weighted by Crippen LogP contribution is 2.34. The van der Waals surface area contributed by atoms with Gasteiger partial charge in [0.25, 0.3) is 0 Å².